The van der Waals surface area contributed by atoms with Crippen molar-refractivity contribution in [1.29, 1.82) is 0 Å². The molecule has 0 bridgehead atoms. The van der Waals surface area contributed by atoms with Crippen LogP contribution in [0.4, 0.5) is 0 Å². The van der Waals surface area contributed by atoms with Gasteiger partial charge in [0.2, 0.25) is 0 Å². The normalized spacial score (nSPS) is 10.5. The summed E-state index contributed by atoms with van der Waals surface area (Å²) in [5.74, 6) is -0.242. The Morgan fingerprint density at radius 2 is 2.41 bits per heavy atom. The van der Waals surface area contributed by atoms with Gasteiger partial charge >= 0.3 is 0 Å². The van der Waals surface area contributed by atoms with Crippen LogP contribution < -0.4 is 11.1 Å². The van der Waals surface area contributed by atoms with Crippen molar-refractivity contribution in [2.75, 3.05) is 32.9 Å². The van der Waals surface area contributed by atoms with Crippen LogP contribution >= 0.6 is 0 Å². The summed E-state index contributed by atoms with van der Waals surface area (Å²) >= 11 is 0. The number of aromatic nitrogens is 2. The number of nitrogens with two attached hydrogens (primary N) is 1. The van der Waals surface area contributed by atoms with E-state index in [0.29, 0.717) is 31.9 Å². The first-order valence-electron chi connectivity index (χ1n) is 5.46. The molecule has 0 aliphatic heterocycles. The Morgan fingerprint density at radius 3 is 3.12 bits per heavy atom. The highest BCUT2D eigenvalue weighted by Gasteiger charge is 2.07. The summed E-state index contributed by atoms with van der Waals surface area (Å²) in [6.07, 6.45) is 3.22. The van der Waals surface area contributed by atoms with Crippen LogP contribution in [0.15, 0.2) is 12.5 Å². The molecule has 0 aliphatic rings. The third-order valence-electron chi connectivity index (χ3n) is 2.02. The van der Waals surface area contributed by atoms with E-state index in [4.69, 9.17) is 15.6 Å². The number of carbonyl (C=O) groups is 1. The third-order valence-corrected chi connectivity index (χ3v) is 2.02. The van der Waals surface area contributed by atoms with E-state index in [1.165, 1.54) is 0 Å². The zero-order valence-corrected chi connectivity index (χ0v) is 9.63. The Balaban J connectivity index is 2.26. The lowest BCUT2D eigenvalue weighted by Gasteiger charge is -2.03. The summed E-state index contributed by atoms with van der Waals surface area (Å²) < 4.78 is 6.77. The number of carbonyl (C=O) groups excluding carboxylic acids is 1. The summed E-state index contributed by atoms with van der Waals surface area (Å²) in [4.78, 5) is 15.5. The van der Waals surface area contributed by atoms with Crippen LogP contribution in [0.2, 0.25) is 0 Å². The second-order valence-corrected chi connectivity index (χ2v) is 3.38. The Morgan fingerprint density at radius 1 is 1.59 bits per heavy atom. The smallest absolute Gasteiger partial charge is 0.271 e. The average molecular weight is 242 g/mol. The Hall–Kier alpha value is -1.44. The number of amides is 1. The van der Waals surface area contributed by atoms with Gasteiger partial charge in [0.15, 0.2) is 0 Å². The third kappa shape index (κ3) is 4.94. The average Bonchev–Trinajstić information content (AvgIpc) is 2.78. The maximum atomic E-state index is 11.6. The number of hydrogen-bond acceptors (Lipinski definition) is 5. The molecule has 1 rings (SSSR count). The summed E-state index contributed by atoms with van der Waals surface area (Å²) in [5, 5.41) is 11.1. The minimum absolute atomic E-state index is 0.0164. The molecule has 4 N–H and O–H groups in total. The van der Waals surface area contributed by atoms with Gasteiger partial charge in [0.1, 0.15) is 5.69 Å². The molecule has 7 nitrogen and oxygen atoms in total. The number of nitrogens with zero attached hydrogens (tertiary/aromatic N) is 2. The summed E-state index contributed by atoms with van der Waals surface area (Å²) in [6.45, 7) is 2.17. The van der Waals surface area contributed by atoms with E-state index >= 15 is 0 Å². The molecule has 0 spiro atoms. The zero-order chi connectivity index (χ0) is 12.5. The van der Waals surface area contributed by atoms with E-state index in [-0.39, 0.29) is 19.1 Å². The summed E-state index contributed by atoms with van der Waals surface area (Å²) in [7, 11) is 0. The maximum absolute atomic E-state index is 11.6. The minimum atomic E-state index is -0.242. The molecule has 0 saturated carbocycles. The van der Waals surface area contributed by atoms with E-state index in [1.54, 1.807) is 17.1 Å². The van der Waals surface area contributed by atoms with E-state index in [0.717, 1.165) is 0 Å². The maximum Gasteiger partial charge on any atom is 0.271 e. The van der Waals surface area contributed by atoms with Crippen LogP contribution in [0.25, 0.3) is 0 Å². The van der Waals surface area contributed by atoms with Gasteiger partial charge in [-0.05, 0) is 0 Å². The highest BCUT2D eigenvalue weighted by atomic mass is 16.5. The predicted octanol–water partition coefficient (Wildman–Crippen LogP) is -1.42. The molecule has 1 aromatic heterocycles. The van der Waals surface area contributed by atoms with Gasteiger partial charge in [-0.3, -0.25) is 4.79 Å². The van der Waals surface area contributed by atoms with Gasteiger partial charge in [-0.15, -0.1) is 0 Å². The van der Waals surface area contributed by atoms with Gasteiger partial charge in [-0.2, -0.15) is 0 Å². The molecule has 0 fully saturated rings. The number of nitrogens with one attached hydrogen (secondary N) is 1. The Bertz CT molecular complexity index is 340. The molecule has 17 heavy (non-hydrogen) atoms. The molecule has 1 amide bonds. The highest BCUT2D eigenvalue weighted by Crippen LogP contribution is 1.95. The van der Waals surface area contributed by atoms with Crippen LogP contribution in [0.1, 0.15) is 10.5 Å². The van der Waals surface area contributed by atoms with E-state index < -0.39 is 0 Å². The molecular weight excluding hydrogens is 224 g/mol. The van der Waals surface area contributed by atoms with Crippen LogP contribution in [0.5, 0.6) is 0 Å². The van der Waals surface area contributed by atoms with Gasteiger partial charge < -0.3 is 25.5 Å². The van der Waals surface area contributed by atoms with Crippen molar-refractivity contribution in [2.24, 2.45) is 5.73 Å². The molecule has 0 unspecified atom stereocenters. The van der Waals surface area contributed by atoms with E-state index in [9.17, 15) is 4.79 Å². The second kappa shape index (κ2) is 7.77. The fourth-order valence-electron chi connectivity index (χ4n) is 1.24. The highest BCUT2D eigenvalue weighted by molar-refractivity contribution is 5.91. The topological polar surface area (TPSA) is 102 Å². The number of rotatable bonds is 8. The fourth-order valence-corrected chi connectivity index (χ4v) is 1.24. The number of imidazole rings is 1. The first-order chi connectivity index (χ1) is 8.27. The van der Waals surface area contributed by atoms with Crippen LogP contribution in [0.3, 0.4) is 0 Å². The lowest BCUT2D eigenvalue weighted by atomic mass is 10.4. The molecule has 1 heterocycles. The first-order valence-corrected chi connectivity index (χ1v) is 5.46. The molecule has 1 aromatic rings. The number of hydrogen-bond donors (Lipinski definition) is 3. The van der Waals surface area contributed by atoms with E-state index in [2.05, 4.69) is 10.3 Å². The molecule has 7 heteroatoms. The quantitative estimate of drug-likeness (QED) is 0.486. The van der Waals surface area contributed by atoms with Crippen LogP contribution in [0, 0.1) is 0 Å². The van der Waals surface area contributed by atoms with Crippen LogP contribution in [-0.2, 0) is 11.3 Å². The SMILES string of the molecule is NCCn1cnc(C(=O)NCCOCCO)c1. The fraction of sp³-hybridized carbons (Fsp3) is 0.600. The van der Waals surface area contributed by atoms with Gasteiger partial charge in [0, 0.05) is 25.8 Å². The lowest BCUT2D eigenvalue weighted by molar-refractivity contribution is 0.0835. The second-order valence-electron chi connectivity index (χ2n) is 3.38. The first kappa shape index (κ1) is 13.6. The number of ether oxygens (including phenoxy) is 1. The molecular formula is C10H18N4O3. The van der Waals surface area contributed by atoms with Crippen molar-refractivity contribution in [1.82, 2.24) is 14.9 Å². The molecule has 0 radical (unpaired) electrons. The van der Waals surface area contributed by atoms with Gasteiger partial charge in [0.05, 0.1) is 26.1 Å². The molecule has 96 valence electrons. The number of aliphatic hydroxyl groups is 1. The van der Waals surface area contributed by atoms with Crippen molar-refractivity contribution >= 4 is 5.91 Å². The Kier molecular flexibility index (Phi) is 6.23. The lowest BCUT2D eigenvalue weighted by Crippen LogP contribution is -2.27. The van der Waals surface area contributed by atoms with Gasteiger partial charge in [-0.25, -0.2) is 4.98 Å². The summed E-state index contributed by atoms with van der Waals surface area (Å²) in [5.41, 5.74) is 5.75. The molecule has 0 saturated heterocycles. The van der Waals surface area contributed by atoms with Crippen molar-refractivity contribution in [2.45, 2.75) is 6.54 Å². The van der Waals surface area contributed by atoms with Crippen molar-refractivity contribution < 1.29 is 14.6 Å². The largest absolute Gasteiger partial charge is 0.394 e. The van der Waals surface area contributed by atoms with Crippen LogP contribution in [-0.4, -0.2) is 53.5 Å². The molecule has 0 aliphatic carbocycles. The number of aliphatic hydroxyl groups excluding tert-OH is 1. The standard InChI is InChI=1S/C10H18N4O3/c11-1-3-14-7-9(13-8-14)10(16)12-2-5-17-6-4-15/h7-8,15H,1-6,11H2,(H,12,16). The molecule has 0 aromatic carbocycles. The Labute approximate surface area is 99.6 Å². The predicted molar refractivity (Wildman–Crippen MR) is 61.5 cm³/mol. The van der Waals surface area contributed by atoms with Crippen molar-refractivity contribution in [3.05, 3.63) is 18.2 Å². The minimum Gasteiger partial charge on any atom is -0.394 e. The zero-order valence-electron chi connectivity index (χ0n) is 9.63. The van der Waals surface area contributed by atoms with Gasteiger partial charge in [0.25, 0.3) is 5.91 Å². The van der Waals surface area contributed by atoms with Gasteiger partial charge in [-0.1, -0.05) is 0 Å². The summed E-state index contributed by atoms with van der Waals surface area (Å²) in [6, 6.07) is 0. The molecule has 0 atom stereocenters. The monoisotopic (exact) mass is 242 g/mol. The van der Waals surface area contributed by atoms with E-state index in [1.807, 2.05) is 0 Å². The van der Waals surface area contributed by atoms with Crippen molar-refractivity contribution in [3.63, 3.8) is 0 Å². The van der Waals surface area contributed by atoms with Crippen molar-refractivity contribution in [3.8, 4) is 0 Å².